The summed E-state index contributed by atoms with van der Waals surface area (Å²) in [5.74, 6) is 1.11. The fourth-order valence-corrected chi connectivity index (χ4v) is 2.43. The number of carbonyl (C=O) groups excluding carboxylic acids is 1. The number of ether oxygens (including phenoxy) is 2. The van der Waals surface area contributed by atoms with Gasteiger partial charge in [-0.15, -0.1) is 0 Å². The molecule has 2 aromatic rings. The van der Waals surface area contributed by atoms with E-state index < -0.39 is 6.10 Å². The smallest absolute Gasteiger partial charge is 0.261 e. The molecule has 0 spiro atoms. The van der Waals surface area contributed by atoms with E-state index in [1.54, 1.807) is 12.1 Å². The van der Waals surface area contributed by atoms with Gasteiger partial charge in [-0.2, -0.15) is 0 Å². The van der Waals surface area contributed by atoms with Crippen LogP contribution in [0.25, 0.3) is 0 Å². The SMILES string of the molecule is CCC(Oc1ccccc1Cl)C(=O)NC(C)COc1ccc(C)cc1. The Kier molecular flexibility index (Phi) is 7.14. The minimum absolute atomic E-state index is 0.141. The number of hydrogen-bond acceptors (Lipinski definition) is 3. The first-order valence-corrected chi connectivity index (χ1v) is 8.78. The molecule has 0 radical (unpaired) electrons. The Morgan fingerprint density at radius 1 is 1.16 bits per heavy atom. The first-order valence-electron chi connectivity index (χ1n) is 8.40. The van der Waals surface area contributed by atoms with E-state index >= 15 is 0 Å². The molecule has 5 heteroatoms. The Labute approximate surface area is 154 Å². The molecule has 0 aliphatic carbocycles. The number of carbonyl (C=O) groups is 1. The second-order valence-corrected chi connectivity index (χ2v) is 6.39. The zero-order valence-corrected chi connectivity index (χ0v) is 15.5. The molecular weight excluding hydrogens is 338 g/mol. The third kappa shape index (κ3) is 5.98. The van der Waals surface area contributed by atoms with Gasteiger partial charge in [0.25, 0.3) is 5.91 Å². The number of hydrogen-bond donors (Lipinski definition) is 1. The zero-order valence-electron chi connectivity index (χ0n) is 14.8. The minimum Gasteiger partial charge on any atom is -0.491 e. The van der Waals surface area contributed by atoms with Gasteiger partial charge >= 0.3 is 0 Å². The van der Waals surface area contributed by atoms with Crippen molar-refractivity contribution < 1.29 is 14.3 Å². The van der Waals surface area contributed by atoms with Crippen molar-refractivity contribution in [3.05, 3.63) is 59.1 Å². The third-order valence-electron chi connectivity index (χ3n) is 3.68. The van der Waals surface area contributed by atoms with Crippen molar-refractivity contribution in [2.45, 2.75) is 39.3 Å². The first-order chi connectivity index (χ1) is 12.0. The van der Waals surface area contributed by atoms with Crippen LogP contribution in [0.1, 0.15) is 25.8 Å². The summed E-state index contributed by atoms with van der Waals surface area (Å²) in [7, 11) is 0. The average molecular weight is 362 g/mol. The molecule has 25 heavy (non-hydrogen) atoms. The van der Waals surface area contributed by atoms with Crippen LogP contribution in [-0.4, -0.2) is 24.7 Å². The molecule has 134 valence electrons. The van der Waals surface area contributed by atoms with Crippen molar-refractivity contribution in [3.63, 3.8) is 0 Å². The van der Waals surface area contributed by atoms with Crippen molar-refractivity contribution in [2.24, 2.45) is 0 Å². The van der Waals surface area contributed by atoms with Crippen LogP contribution in [0, 0.1) is 6.92 Å². The van der Waals surface area contributed by atoms with Gasteiger partial charge < -0.3 is 14.8 Å². The quantitative estimate of drug-likeness (QED) is 0.758. The summed E-state index contributed by atoms with van der Waals surface area (Å²) in [6, 6.07) is 14.8. The maximum atomic E-state index is 12.4. The molecule has 0 saturated heterocycles. The fourth-order valence-electron chi connectivity index (χ4n) is 2.25. The van der Waals surface area contributed by atoms with Crippen molar-refractivity contribution >= 4 is 17.5 Å². The Hall–Kier alpha value is -2.20. The molecule has 0 aliphatic heterocycles. The summed E-state index contributed by atoms with van der Waals surface area (Å²) in [5, 5.41) is 3.41. The lowest BCUT2D eigenvalue weighted by Crippen LogP contribution is -2.44. The summed E-state index contributed by atoms with van der Waals surface area (Å²) in [4.78, 5) is 12.4. The van der Waals surface area contributed by atoms with Crippen LogP contribution in [0.2, 0.25) is 5.02 Å². The maximum Gasteiger partial charge on any atom is 0.261 e. The van der Waals surface area contributed by atoms with Crippen LogP contribution in [0.5, 0.6) is 11.5 Å². The number of rotatable bonds is 8. The van der Waals surface area contributed by atoms with Gasteiger partial charge in [-0.05, 0) is 44.5 Å². The summed E-state index contributed by atoms with van der Waals surface area (Å²) in [6.07, 6.45) is -0.0514. The molecule has 2 rings (SSSR count). The predicted octanol–water partition coefficient (Wildman–Crippen LogP) is 4.39. The fraction of sp³-hybridized carbons (Fsp3) is 0.350. The number of halogens is 1. The van der Waals surface area contributed by atoms with Gasteiger partial charge in [-0.3, -0.25) is 4.79 Å². The number of para-hydroxylation sites is 1. The lowest BCUT2D eigenvalue weighted by molar-refractivity contribution is -0.128. The van der Waals surface area contributed by atoms with Crippen molar-refractivity contribution in [3.8, 4) is 11.5 Å². The van der Waals surface area contributed by atoms with Gasteiger partial charge in [0.2, 0.25) is 0 Å². The second-order valence-electron chi connectivity index (χ2n) is 5.98. The molecule has 0 fully saturated rings. The van der Waals surface area contributed by atoms with Crippen LogP contribution >= 0.6 is 11.6 Å². The molecule has 0 saturated carbocycles. The normalized spacial score (nSPS) is 13.0. The topological polar surface area (TPSA) is 47.6 Å². The van der Waals surface area contributed by atoms with E-state index in [2.05, 4.69) is 5.32 Å². The van der Waals surface area contributed by atoms with Gasteiger partial charge in [-0.1, -0.05) is 48.4 Å². The maximum absolute atomic E-state index is 12.4. The number of nitrogens with one attached hydrogen (secondary N) is 1. The Morgan fingerprint density at radius 2 is 1.84 bits per heavy atom. The highest BCUT2D eigenvalue weighted by molar-refractivity contribution is 6.32. The van der Waals surface area contributed by atoms with E-state index in [-0.39, 0.29) is 11.9 Å². The summed E-state index contributed by atoms with van der Waals surface area (Å²) >= 11 is 6.09. The molecular formula is C20H24ClNO3. The van der Waals surface area contributed by atoms with Gasteiger partial charge in [-0.25, -0.2) is 0 Å². The molecule has 1 amide bonds. The van der Waals surface area contributed by atoms with Crippen LogP contribution in [-0.2, 0) is 4.79 Å². The molecule has 2 atom stereocenters. The molecule has 2 unspecified atom stereocenters. The van der Waals surface area contributed by atoms with E-state index in [0.29, 0.717) is 23.8 Å². The van der Waals surface area contributed by atoms with E-state index in [0.717, 1.165) is 5.75 Å². The highest BCUT2D eigenvalue weighted by atomic mass is 35.5. The molecule has 0 bridgehead atoms. The van der Waals surface area contributed by atoms with E-state index in [9.17, 15) is 4.79 Å². The molecule has 0 aliphatic rings. The van der Waals surface area contributed by atoms with Gasteiger partial charge in [0.05, 0.1) is 11.1 Å². The molecule has 4 nitrogen and oxygen atoms in total. The van der Waals surface area contributed by atoms with Gasteiger partial charge in [0, 0.05) is 0 Å². The summed E-state index contributed by atoms with van der Waals surface area (Å²) < 4.78 is 11.4. The van der Waals surface area contributed by atoms with Crippen LogP contribution in [0.15, 0.2) is 48.5 Å². The lowest BCUT2D eigenvalue weighted by atomic mass is 10.2. The van der Waals surface area contributed by atoms with E-state index in [4.69, 9.17) is 21.1 Å². The highest BCUT2D eigenvalue weighted by Crippen LogP contribution is 2.24. The third-order valence-corrected chi connectivity index (χ3v) is 3.99. The zero-order chi connectivity index (χ0) is 18.2. The Balaban J connectivity index is 1.85. The van der Waals surface area contributed by atoms with Gasteiger partial charge in [0.1, 0.15) is 18.1 Å². The Morgan fingerprint density at radius 3 is 2.48 bits per heavy atom. The van der Waals surface area contributed by atoms with Crippen molar-refractivity contribution in [2.75, 3.05) is 6.61 Å². The van der Waals surface area contributed by atoms with Crippen molar-refractivity contribution in [1.29, 1.82) is 0 Å². The second kappa shape index (κ2) is 9.33. The van der Waals surface area contributed by atoms with Crippen LogP contribution in [0.3, 0.4) is 0 Å². The minimum atomic E-state index is -0.596. The van der Waals surface area contributed by atoms with Gasteiger partial charge in [0.15, 0.2) is 6.10 Å². The molecule has 2 aromatic carbocycles. The van der Waals surface area contributed by atoms with Crippen molar-refractivity contribution in [1.82, 2.24) is 5.32 Å². The molecule has 1 N–H and O–H groups in total. The van der Waals surface area contributed by atoms with E-state index in [1.165, 1.54) is 5.56 Å². The number of aryl methyl sites for hydroxylation is 1. The monoisotopic (exact) mass is 361 g/mol. The van der Waals surface area contributed by atoms with Crippen LogP contribution < -0.4 is 14.8 Å². The number of amides is 1. The average Bonchev–Trinajstić information content (AvgIpc) is 2.60. The predicted molar refractivity (Wildman–Crippen MR) is 100 cm³/mol. The lowest BCUT2D eigenvalue weighted by Gasteiger charge is -2.21. The largest absolute Gasteiger partial charge is 0.491 e. The standard InChI is InChI=1S/C20H24ClNO3/c1-4-18(25-19-8-6-5-7-17(19)21)20(23)22-15(3)13-24-16-11-9-14(2)10-12-16/h5-12,15,18H,4,13H2,1-3H3,(H,22,23). The Bertz CT molecular complexity index is 688. The summed E-state index contributed by atoms with van der Waals surface area (Å²) in [6.45, 7) is 6.21. The molecule has 0 heterocycles. The molecule has 0 aromatic heterocycles. The van der Waals surface area contributed by atoms with Crippen LogP contribution in [0.4, 0.5) is 0 Å². The highest BCUT2D eigenvalue weighted by Gasteiger charge is 2.21. The summed E-state index contributed by atoms with van der Waals surface area (Å²) in [5.41, 5.74) is 1.18. The number of benzene rings is 2. The first kappa shape index (κ1) is 19.1. The van der Waals surface area contributed by atoms with E-state index in [1.807, 2.05) is 57.2 Å².